The summed E-state index contributed by atoms with van der Waals surface area (Å²) in [5, 5.41) is 1.06. The summed E-state index contributed by atoms with van der Waals surface area (Å²) in [7, 11) is 3.26. The van der Waals surface area contributed by atoms with E-state index in [0.717, 1.165) is 35.4 Å². The molecule has 5 rings (SSSR count). The van der Waals surface area contributed by atoms with Gasteiger partial charge in [0, 0.05) is 70.6 Å². The van der Waals surface area contributed by atoms with E-state index in [1.807, 2.05) is 18.2 Å². The van der Waals surface area contributed by atoms with Gasteiger partial charge < -0.3 is 19.1 Å². The predicted octanol–water partition coefficient (Wildman–Crippen LogP) is 8.68. The minimum Gasteiger partial charge on any atom is -0.493 e. The number of ketones is 2. The maximum Gasteiger partial charge on any atom is 0.175 e. The topological polar surface area (TPSA) is 65.1 Å². The summed E-state index contributed by atoms with van der Waals surface area (Å²) in [6, 6.07) is 9.12. The quantitative estimate of drug-likeness (QED) is 0.276. The van der Waals surface area contributed by atoms with Crippen LogP contribution in [-0.2, 0) is 20.9 Å². The molecule has 2 aromatic rings. The highest BCUT2D eigenvalue weighted by molar-refractivity contribution is 9.10. The molecule has 9 heteroatoms. The lowest BCUT2D eigenvalue weighted by atomic mass is 9.63. The van der Waals surface area contributed by atoms with Gasteiger partial charge in [-0.3, -0.25) is 9.59 Å². The number of benzene rings is 2. The van der Waals surface area contributed by atoms with Crippen molar-refractivity contribution in [2.45, 2.75) is 65.9 Å². The van der Waals surface area contributed by atoms with Crippen LogP contribution in [0.3, 0.4) is 0 Å². The van der Waals surface area contributed by atoms with Crippen LogP contribution in [-0.4, -0.2) is 43.8 Å². The molecule has 2 aliphatic carbocycles. The van der Waals surface area contributed by atoms with Gasteiger partial charge in [-0.15, -0.1) is 0 Å². The van der Waals surface area contributed by atoms with Crippen molar-refractivity contribution < 1.29 is 23.8 Å². The Morgan fingerprint density at radius 1 is 0.907 bits per heavy atom. The van der Waals surface area contributed by atoms with E-state index in [0.29, 0.717) is 63.2 Å². The fourth-order valence-electron chi connectivity index (χ4n) is 6.67. The number of hydrogen-bond donors (Lipinski definition) is 0. The Kier molecular flexibility index (Phi) is 9.12. The van der Waals surface area contributed by atoms with Gasteiger partial charge in [-0.25, -0.2) is 0 Å². The lowest BCUT2D eigenvalue weighted by Crippen LogP contribution is -2.45. The molecular formula is C34H38BrCl2NO5. The molecule has 1 aliphatic heterocycles. The molecule has 230 valence electrons. The number of rotatable bonds is 8. The number of carbonyl (C=O) groups is 2. The van der Waals surface area contributed by atoms with Gasteiger partial charge in [-0.1, -0.05) is 57.0 Å². The molecular weight excluding hydrogens is 653 g/mol. The monoisotopic (exact) mass is 689 g/mol. The molecule has 0 saturated heterocycles. The van der Waals surface area contributed by atoms with Gasteiger partial charge in [-0.05, 0) is 69.4 Å². The van der Waals surface area contributed by atoms with Crippen LogP contribution in [0.1, 0.15) is 70.4 Å². The molecule has 0 spiro atoms. The Balaban J connectivity index is 1.65. The number of ether oxygens (including phenoxy) is 3. The number of halogens is 3. The summed E-state index contributed by atoms with van der Waals surface area (Å²) in [5.74, 6) is 0.658. The van der Waals surface area contributed by atoms with Gasteiger partial charge in [0.2, 0.25) is 0 Å². The van der Waals surface area contributed by atoms with E-state index in [-0.39, 0.29) is 29.0 Å². The van der Waals surface area contributed by atoms with E-state index >= 15 is 0 Å². The van der Waals surface area contributed by atoms with E-state index < -0.39 is 5.92 Å². The first-order chi connectivity index (χ1) is 20.2. The van der Waals surface area contributed by atoms with Crippen molar-refractivity contribution in [1.29, 1.82) is 0 Å². The van der Waals surface area contributed by atoms with Gasteiger partial charge >= 0.3 is 0 Å². The van der Waals surface area contributed by atoms with Crippen LogP contribution < -0.4 is 9.47 Å². The molecule has 43 heavy (non-hydrogen) atoms. The minimum absolute atomic E-state index is 0.0793. The first-order valence-electron chi connectivity index (χ1n) is 14.5. The molecule has 0 saturated carbocycles. The van der Waals surface area contributed by atoms with Gasteiger partial charge in [-0.2, -0.15) is 0 Å². The van der Waals surface area contributed by atoms with Gasteiger partial charge in [0.05, 0.1) is 18.2 Å². The second-order valence-electron chi connectivity index (χ2n) is 13.2. The van der Waals surface area contributed by atoms with Crippen molar-refractivity contribution in [3.05, 3.63) is 78.5 Å². The second kappa shape index (κ2) is 12.2. The van der Waals surface area contributed by atoms with E-state index in [1.165, 1.54) is 0 Å². The lowest BCUT2D eigenvalue weighted by molar-refractivity contribution is -0.119. The number of allylic oxidation sites excluding steroid dienone is 4. The number of carbonyl (C=O) groups excluding carboxylic acids is 2. The van der Waals surface area contributed by atoms with Crippen LogP contribution in [0, 0.1) is 10.8 Å². The minimum atomic E-state index is -0.499. The Bertz CT molecular complexity index is 1490. The SMILES string of the molecule is COCCN1C2=C(C(=O)CC(C)(C)C2)C(c2cc(Br)c(OCc3ccc(Cl)cc3Cl)c(OC)c2)C2=C1CC(C)(C)CC2=O. The maximum absolute atomic E-state index is 14.0. The van der Waals surface area contributed by atoms with E-state index in [1.54, 1.807) is 26.4 Å². The highest BCUT2D eigenvalue weighted by Gasteiger charge is 2.49. The van der Waals surface area contributed by atoms with Crippen LogP contribution in [0.15, 0.2) is 57.3 Å². The highest BCUT2D eigenvalue weighted by Crippen LogP contribution is 2.55. The van der Waals surface area contributed by atoms with Crippen LogP contribution >= 0.6 is 39.1 Å². The molecule has 0 radical (unpaired) electrons. The van der Waals surface area contributed by atoms with Crippen LogP contribution in [0.25, 0.3) is 0 Å². The molecule has 3 aliphatic rings. The molecule has 0 unspecified atom stereocenters. The normalized spacial score (nSPS) is 19.9. The zero-order valence-electron chi connectivity index (χ0n) is 25.5. The summed E-state index contributed by atoms with van der Waals surface area (Å²) in [5.41, 5.74) is 4.61. The summed E-state index contributed by atoms with van der Waals surface area (Å²) in [4.78, 5) is 30.3. The smallest absolute Gasteiger partial charge is 0.175 e. The molecule has 0 fully saturated rings. The number of nitrogens with zero attached hydrogens (tertiary/aromatic N) is 1. The first kappa shape index (κ1) is 32.1. The van der Waals surface area contributed by atoms with Gasteiger partial charge in [0.1, 0.15) is 6.61 Å². The third kappa shape index (κ3) is 6.42. The Morgan fingerprint density at radius 2 is 1.51 bits per heavy atom. The molecule has 0 amide bonds. The number of Topliss-reactive ketones (excluding diaryl/α,β-unsaturated/α-hetero) is 2. The summed E-state index contributed by atoms with van der Waals surface area (Å²) >= 11 is 16.2. The number of methoxy groups -OCH3 is 2. The zero-order valence-corrected chi connectivity index (χ0v) is 28.6. The lowest BCUT2D eigenvalue weighted by Gasteiger charge is -2.49. The van der Waals surface area contributed by atoms with E-state index in [4.69, 9.17) is 37.4 Å². The third-order valence-corrected chi connectivity index (χ3v) is 9.69. The Hall–Kier alpha value is -2.32. The van der Waals surface area contributed by atoms with Crippen molar-refractivity contribution >= 4 is 50.7 Å². The van der Waals surface area contributed by atoms with Gasteiger partial charge in [0.25, 0.3) is 0 Å². The van der Waals surface area contributed by atoms with E-state index in [2.05, 4.69) is 48.5 Å². The zero-order chi connectivity index (χ0) is 31.3. The van der Waals surface area contributed by atoms with Crippen LogP contribution in [0.5, 0.6) is 11.5 Å². The molecule has 2 aromatic carbocycles. The average Bonchev–Trinajstić information content (AvgIpc) is 2.90. The molecule has 0 N–H and O–H groups in total. The molecule has 6 nitrogen and oxygen atoms in total. The molecule has 0 atom stereocenters. The standard InChI is InChI=1S/C34H38BrCl2NO5/c1-33(2)14-24-30(26(39)16-33)29(31-25(38(24)9-10-41-5)15-34(3,4)17-27(31)40)20-11-22(35)32(28(12-20)42-6)43-18-19-7-8-21(36)13-23(19)37/h7-8,11-13,29H,9-10,14-18H2,1-6H3. The first-order valence-corrected chi connectivity index (χ1v) is 16.0. The molecule has 1 heterocycles. The predicted molar refractivity (Wildman–Crippen MR) is 173 cm³/mol. The molecule has 0 bridgehead atoms. The summed E-state index contributed by atoms with van der Waals surface area (Å²) in [6.45, 7) is 9.82. The van der Waals surface area contributed by atoms with Crippen molar-refractivity contribution in [2.24, 2.45) is 10.8 Å². The highest BCUT2D eigenvalue weighted by atomic mass is 79.9. The third-order valence-electron chi connectivity index (χ3n) is 8.51. The molecule has 0 aromatic heterocycles. The maximum atomic E-state index is 14.0. The number of hydrogen-bond acceptors (Lipinski definition) is 6. The fourth-order valence-corrected chi connectivity index (χ4v) is 7.71. The van der Waals surface area contributed by atoms with Gasteiger partial charge in [0.15, 0.2) is 23.1 Å². The summed E-state index contributed by atoms with van der Waals surface area (Å²) < 4.78 is 18.2. The average molecular weight is 691 g/mol. The van der Waals surface area contributed by atoms with Crippen molar-refractivity contribution in [3.8, 4) is 11.5 Å². The van der Waals surface area contributed by atoms with Crippen molar-refractivity contribution in [3.63, 3.8) is 0 Å². The van der Waals surface area contributed by atoms with Crippen molar-refractivity contribution in [2.75, 3.05) is 27.4 Å². The fraction of sp³-hybridized carbons (Fsp3) is 0.471. The Labute approximate surface area is 272 Å². The van der Waals surface area contributed by atoms with E-state index in [9.17, 15) is 9.59 Å². The summed E-state index contributed by atoms with van der Waals surface area (Å²) in [6.07, 6.45) is 2.32. The largest absolute Gasteiger partial charge is 0.493 e. The van der Waals surface area contributed by atoms with Crippen molar-refractivity contribution in [1.82, 2.24) is 4.90 Å². The second-order valence-corrected chi connectivity index (χ2v) is 14.9. The Morgan fingerprint density at radius 3 is 2.05 bits per heavy atom. The van der Waals surface area contributed by atoms with Crippen LogP contribution in [0.4, 0.5) is 0 Å². The van der Waals surface area contributed by atoms with Crippen LogP contribution in [0.2, 0.25) is 10.0 Å².